The molecule has 0 aliphatic carbocycles. The van der Waals surface area contributed by atoms with Crippen molar-refractivity contribution < 1.29 is 9.47 Å². The van der Waals surface area contributed by atoms with E-state index in [1.807, 2.05) is 48.5 Å². The van der Waals surface area contributed by atoms with E-state index in [1.54, 1.807) is 0 Å². The van der Waals surface area contributed by atoms with E-state index in [-0.39, 0.29) is 6.10 Å². The zero-order valence-electron chi connectivity index (χ0n) is 11.0. The maximum Gasteiger partial charge on any atom is 0.150 e. The molecular weight excluding hydrogens is 238 g/mol. The van der Waals surface area contributed by atoms with Gasteiger partial charge in [0.25, 0.3) is 0 Å². The topological polar surface area (TPSA) is 21.7 Å². The number of ether oxygens (including phenoxy) is 2. The van der Waals surface area contributed by atoms with Crippen LogP contribution in [0.5, 0.6) is 11.5 Å². The van der Waals surface area contributed by atoms with Gasteiger partial charge in [-0.15, -0.1) is 0 Å². The van der Waals surface area contributed by atoms with Crippen LogP contribution in [0.1, 0.15) is 0 Å². The average molecular weight is 255 g/mol. The smallest absolute Gasteiger partial charge is 0.150 e. The molecule has 1 unspecified atom stereocenters. The summed E-state index contributed by atoms with van der Waals surface area (Å²) >= 11 is 0. The number of hydrogen-bond acceptors (Lipinski definition) is 3. The Morgan fingerprint density at radius 1 is 1.11 bits per heavy atom. The van der Waals surface area contributed by atoms with Crippen LogP contribution < -0.4 is 14.4 Å². The van der Waals surface area contributed by atoms with Crippen LogP contribution in [0, 0.1) is 0 Å². The zero-order chi connectivity index (χ0) is 13.1. The fraction of sp³-hybridized carbons (Fsp3) is 0.250. The highest BCUT2D eigenvalue weighted by Crippen LogP contribution is 2.31. The Balaban J connectivity index is 1.65. The molecular formula is C16H17NO2. The number of anilines is 1. The van der Waals surface area contributed by atoms with Crippen molar-refractivity contribution in [3.05, 3.63) is 54.6 Å². The van der Waals surface area contributed by atoms with Gasteiger partial charge in [0.15, 0.2) is 0 Å². The average Bonchev–Trinajstić information content (AvgIpc) is 2.46. The molecule has 0 bridgehead atoms. The van der Waals surface area contributed by atoms with Crippen molar-refractivity contribution >= 4 is 5.69 Å². The molecule has 1 aliphatic heterocycles. The highest BCUT2D eigenvalue weighted by atomic mass is 16.5. The lowest BCUT2D eigenvalue weighted by atomic mass is 10.2. The van der Waals surface area contributed by atoms with Gasteiger partial charge in [0.1, 0.15) is 24.2 Å². The third-order valence-corrected chi connectivity index (χ3v) is 3.23. The van der Waals surface area contributed by atoms with Gasteiger partial charge in [0.05, 0.1) is 12.2 Å². The Kier molecular flexibility index (Phi) is 3.27. The molecule has 1 aliphatic rings. The van der Waals surface area contributed by atoms with Gasteiger partial charge >= 0.3 is 0 Å². The van der Waals surface area contributed by atoms with Crippen LogP contribution in [-0.2, 0) is 0 Å². The van der Waals surface area contributed by atoms with Crippen molar-refractivity contribution in [1.29, 1.82) is 0 Å². The van der Waals surface area contributed by atoms with Crippen LogP contribution in [0.2, 0.25) is 0 Å². The van der Waals surface area contributed by atoms with E-state index in [0.717, 1.165) is 23.7 Å². The molecule has 3 rings (SSSR count). The molecule has 0 N–H and O–H groups in total. The van der Waals surface area contributed by atoms with Gasteiger partial charge < -0.3 is 14.4 Å². The zero-order valence-corrected chi connectivity index (χ0v) is 11.0. The number of para-hydroxylation sites is 3. The Bertz CT molecular complexity index is 541. The fourth-order valence-corrected chi connectivity index (χ4v) is 2.29. The number of hydrogen-bond donors (Lipinski definition) is 0. The molecule has 3 heteroatoms. The van der Waals surface area contributed by atoms with Crippen molar-refractivity contribution in [2.24, 2.45) is 0 Å². The largest absolute Gasteiger partial charge is 0.490 e. The van der Waals surface area contributed by atoms with E-state index in [2.05, 4.69) is 18.0 Å². The van der Waals surface area contributed by atoms with Crippen LogP contribution in [0.15, 0.2) is 54.6 Å². The molecule has 0 fully saturated rings. The molecule has 2 aromatic rings. The van der Waals surface area contributed by atoms with Gasteiger partial charge in [-0.1, -0.05) is 30.3 Å². The molecule has 1 atom stereocenters. The number of likely N-dealkylation sites (N-methyl/N-ethyl adjacent to an activating group) is 1. The number of rotatable bonds is 3. The molecule has 0 saturated carbocycles. The van der Waals surface area contributed by atoms with E-state index in [1.165, 1.54) is 0 Å². The minimum absolute atomic E-state index is 0.0557. The summed E-state index contributed by atoms with van der Waals surface area (Å²) in [6.07, 6.45) is 0.0557. The lowest BCUT2D eigenvalue weighted by Gasteiger charge is -2.33. The normalized spacial score (nSPS) is 17.5. The Morgan fingerprint density at radius 3 is 2.68 bits per heavy atom. The van der Waals surface area contributed by atoms with Gasteiger partial charge in [0, 0.05) is 7.05 Å². The Hall–Kier alpha value is -2.16. The number of benzene rings is 2. The summed E-state index contributed by atoms with van der Waals surface area (Å²) in [5.74, 6) is 1.81. The maximum atomic E-state index is 5.96. The van der Waals surface area contributed by atoms with Crippen molar-refractivity contribution in [3.63, 3.8) is 0 Å². The lowest BCUT2D eigenvalue weighted by Crippen LogP contribution is -2.41. The van der Waals surface area contributed by atoms with Crippen LogP contribution in [0.25, 0.3) is 0 Å². The van der Waals surface area contributed by atoms with Crippen molar-refractivity contribution in [1.82, 2.24) is 0 Å². The molecule has 0 aromatic heterocycles. The predicted octanol–water partition coefficient (Wildman–Crippen LogP) is 2.96. The van der Waals surface area contributed by atoms with Gasteiger partial charge in [-0.25, -0.2) is 0 Å². The summed E-state index contributed by atoms with van der Waals surface area (Å²) in [5, 5.41) is 0. The first-order valence-corrected chi connectivity index (χ1v) is 6.47. The second-order valence-electron chi connectivity index (χ2n) is 4.71. The van der Waals surface area contributed by atoms with Crippen LogP contribution in [0.4, 0.5) is 5.69 Å². The lowest BCUT2D eigenvalue weighted by molar-refractivity contribution is 0.126. The molecule has 1 heterocycles. The first-order valence-electron chi connectivity index (χ1n) is 6.47. The minimum atomic E-state index is 0.0557. The van der Waals surface area contributed by atoms with E-state index >= 15 is 0 Å². The molecule has 3 nitrogen and oxygen atoms in total. The minimum Gasteiger partial charge on any atom is -0.490 e. The number of fused-ring (bicyclic) bond motifs is 1. The summed E-state index contributed by atoms with van der Waals surface area (Å²) in [5.41, 5.74) is 1.14. The van der Waals surface area contributed by atoms with Crippen LogP contribution >= 0.6 is 0 Å². The van der Waals surface area contributed by atoms with E-state index in [0.29, 0.717) is 6.61 Å². The van der Waals surface area contributed by atoms with Crippen LogP contribution in [-0.4, -0.2) is 26.3 Å². The first-order chi connectivity index (χ1) is 9.33. The van der Waals surface area contributed by atoms with Crippen molar-refractivity contribution in [2.45, 2.75) is 6.10 Å². The summed E-state index contributed by atoms with van der Waals surface area (Å²) in [4.78, 5) is 2.21. The third kappa shape index (κ3) is 2.65. The molecule has 0 amide bonds. The molecule has 0 spiro atoms. The fourth-order valence-electron chi connectivity index (χ4n) is 2.29. The standard InChI is InChI=1S/C16H17NO2/c1-17-11-14(12-18-13-7-3-2-4-8-13)19-16-10-6-5-9-15(16)17/h2-10,14H,11-12H2,1H3. The summed E-state index contributed by atoms with van der Waals surface area (Å²) < 4.78 is 11.7. The summed E-state index contributed by atoms with van der Waals surface area (Å²) in [6, 6.07) is 17.9. The summed E-state index contributed by atoms with van der Waals surface area (Å²) in [6.45, 7) is 1.40. The van der Waals surface area contributed by atoms with Crippen molar-refractivity contribution in [3.8, 4) is 11.5 Å². The van der Waals surface area contributed by atoms with Gasteiger partial charge in [-0.3, -0.25) is 0 Å². The Labute approximate surface area is 113 Å². The van der Waals surface area contributed by atoms with Gasteiger partial charge in [-0.05, 0) is 24.3 Å². The quantitative estimate of drug-likeness (QED) is 0.841. The first kappa shape index (κ1) is 11.9. The highest BCUT2D eigenvalue weighted by molar-refractivity contribution is 5.59. The van der Waals surface area contributed by atoms with Crippen LogP contribution in [0.3, 0.4) is 0 Å². The molecule has 0 radical (unpaired) electrons. The van der Waals surface area contributed by atoms with Crippen molar-refractivity contribution in [2.75, 3.05) is 25.1 Å². The monoisotopic (exact) mass is 255 g/mol. The van der Waals surface area contributed by atoms with E-state index in [9.17, 15) is 0 Å². The van der Waals surface area contributed by atoms with E-state index in [4.69, 9.17) is 9.47 Å². The summed E-state index contributed by atoms with van der Waals surface area (Å²) in [7, 11) is 2.08. The molecule has 98 valence electrons. The predicted molar refractivity (Wildman–Crippen MR) is 76.1 cm³/mol. The highest BCUT2D eigenvalue weighted by Gasteiger charge is 2.23. The second-order valence-corrected chi connectivity index (χ2v) is 4.71. The van der Waals surface area contributed by atoms with Gasteiger partial charge in [0.2, 0.25) is 0 Å². The molecule has 19 heavy (non-hydrogen) atoms. The number of nitrogens with zero attached hydrogens (tertiary/aromatic N) is 1. The SMILES string of the molecule is CN1CC(COc2ccccc2)Oc2ccccc21. The van der Waals surface area contributed by atoms with Gasteiger partial charge in [-0.2, -0.15) is 0 Å². The second kappa shape index (κ2) is 5.22. The third-order valence-electron chi connectivity index (χ3n) is 3.23. The molecule has 0 saturated heterocycles. The maximum absolute atomic E-state index is 5.96. The Morgan fingerprint density at radius 2 is 1.84 bits per heavy atom. The molecule has 2 aromatic carbocycles. The van der Waals surface area contributed by atoms with E-state index < -0.39 is 0 Å².